The molecule has 1 aliphatic rings. The van der Waals surface area contributed by atoms with Gasteiger partial charge >= 0.3 is 0 Å². The van der Waals surface area contributed by atoms with Crippen LogP contribution in [0.25, 0.3) is 0 Å². The predicted octanol–water partition coefficient (Wildman–Crippen LogP) is 3.13. The lowest BCUT2D eigenvalue weighted by molar-refractivity contribution is -0.0764. The lowest BCUT2D eigenvalue weighted by Gasteiger charge is -2.31. The smallest absolute Gasteiger partial charge is 0.276 e. The normalized spacial score (nSPS) is 20.8. The molecular weight excluding hydrogens is 332 g/mol. The molecule has 2 aromatic carbocycles. The molecule has 0 aliphatic carbocycles. The molecule has 1 N–H and O–H groups in total. The average Bonchev–Trinajstić information content (AvgIpc) is 2.91. The first-order valence-electron chi connectivity index (χ1n) is 6.52. The Balaban J connectivity index is 1.96. The number of carbonyl (C=O) groups excluding carboxylic acids is 1. The minimum atomic E-state index is -1.44. The summed E-state index contributed by atoms with van der Waals surface area (Å²) < 4.78 is 0.912. The van der Waals surface area contributed by atoms with E-state index in [9.17, 15) is 9.90 Å². The number of amides is 1. The molecule has 1 unspecified atom stereocenters. The number of carbonyl (C=O) groups is 1. The van der Waals surface area contributed by atoms with Gasteiger partial charge in [-0.2, -0.15) is 10.1 Å². The number of hydrazone groups is 1. The van der Waals surface area contributed by atoms with Crippen LogP contribution in [0.5, 0.6) is 0 Å². The molecule has 0 fully saturated rings. The molecule has 0 spiro atoms. The highest BCUT2D eigenvalue weighted by Gasteiger charge is 2.42. The second kappa shape index (κ2) is 5.42. The van der Waals surface area contributed by atoms with Crippen LogP contribution in [0.15, 0.2) is 64.2 Å². The molecule has 0 bridgehead atoms. The van der Waals surface area contributed by atoms with E-state index >= 15 is 0 Å². The maximum Gasteiger partial charge on any atom is 0.276 e. The molecule has 4 nitrogen and oxygen atoms in total. The van der Waals surface area contributed by atoms with E-state index in [2.05, 4.69) is 21.0 Å². The zero-order valence-corrected chi connectivity index (χ0v) is 12.7. The Bertz CT molecular complexity index is 685. The van der Waals surface area contributed by atoms with Crippen LogP contribution in [0.2, 0.25) is 0 Å². The van der Waals surface area contributed by atoms with Crippen molar-refractivity contribution < 1.29 is 9.90 Å². The molecule has 21 heavy (non-hydrogen) atoms. The minimum Gasteiger partial charge on any atom is -0.365 e. The van der Waals surface area contributed by atoms with E-state index in [-0.39, 0.29) is 12.3 Å². The summed E-state index contributed by atoms with van der Waals surface area (Å²) in [4.78, 5) is 12.5. The number of rotatable bonds is 2. The Kier molecular flexibility index (Phi) is 3.61. The molecular formula is C16H13BrN2O2. The predicted molar refractivity (Wildman–Crippen MR) is 83.8 cm³/mol. The largest absolute Gasteiger partial charge is 0.365 e. The van der Waals surface area contributed by atoms with Gasteiger partial charge in [0.05, 0.1) is 0 Å². The zero-order valence-electron chi connectivity index (χ0n) is 11.1. The number of halogens is 1. The molecule has 1 atom stereocenters. The number of nitrogens with zero attached hydrogens (tertiary/aromatic N) is 2. The van der Waals surface area contributed by atoms with Crippen LogP contribution in [0, 0.1) is 0 Å². The minimum absolute atomic E-state index is 0.271. The molecule has 2 aromatic rings. The Morgan fingerprint density at radius 3 is 2.48 bits per heavy atom. The fraction of sp³-hybridized carbons (Fsp3) is 0.125. The van der Waals surface area contributed by atoms with Crippen molar-refractivity contribution in [2.75, 3.05) is 0 Å². The Morgan fingerprint density at radius 2 is 1.81 bits per heavy atom. The highest BCUT2D eigenvalue weighted by molar-refractivity contribution is 9.10. The first kappa shape index (κ1) is 14.0. The third-order valence-corrected chi connectivity index (χ3v) is 3.97. The van der Waals surface area contributed by atoms with E-state index in [1.807, 2.05) is 18.2 Å². The zero-order chi connectivity index (χ0) is 14.9. The van der Waals surface area contributed by atoms with E-state index in [0.717, 1.165) is 9.48 Å². The average molecular weight is 345 g/mol. The Morgan fingerprint density at radius 1 is 1.14 bits per heavy atom. The van der Waals surface area contributed by atoms with E-state index in [1.165, 1.54) is 0 Å². The van der Waals surface area contributed by atoms with Gasteiger partial charge in [0, 0.05) is 28.2 Å². The molecule has 0 radical (unpaired) electrons. The van der Waals surface area contributed by atoms with Crippen molar-refractivity contribution in [2.45, 2.75) is 12.1 Å². The molecule has 1 amide bonds. The summed E-state index contributed by atoms with van der Waals surface area (Å²) in [6, 6.07) is 16.0. The Labute approximate surface area is 130 Å². The SMILES string of the molecule is O=C(c1ccccc1)N1N=CCC1(O)c1ccc(Br)cc1. The van der Waals surface area contributed by atoms with Gasteiger partial charge in [0.25, 0.3) is 5.91 Å². The number of hydrogen-bond donors (Lipinski definition) is 1. The second-order valence-electron chi connectivity index (χ2n) is 4.81. The van der Waals surface area contributed by atoms with Gasteiger partial charge in [-0.15, -0.1) is 0 Å². The summed E-state index contributed by atoms with van der Waals surface area (Å²) in [5, 5.41) is 16.1. The van der Waals surface area contributed by atoms with Crippen molar-refractivity contribution in [3.8, 4) is 0 Å². The number of hydrogen-bond acceptors (Lipinski definition) is 3. The van der Waals surface area contributed by atoms with Crippen LogP contribution in [-0.2, 0) is 5.72 Å². The number of aliphatic hydroxyl groups is 1. The Hall–Kier alpha value is -1.98. The van der Waals surface area contributed by atoms with E-state index in [1.54, 1.807) is 42.6 Å². The van der Waals surface area contributed by atoms with Crippen molar-refractivity contribution >= 4 is 28.1 Å². The first-order chi connectivity index (χ1) is 10.1. The lowest BCUT2D eigenvalue weighted by atomic mass is 9.99. The fourth-order valence-corrected chi connectivity index (χ4v) is 2.58. The summed E-state index contributed by atoms with van der Waals surface area (Å²) in [6.07, 6.45) is 1.83. The lowest BCUT2D eigenvalue weighted by Crippen LogP contribution is -2.43. The van der Waals surface area contributed by atoms with Gasteiger partial charge in [0.15, 0.2) is 5.72 Å². The molecule has 1 aliphatic heterocycles. The van der Waals surface area contributed by atoms with Crippen LogP contribution in [-0.4, -0.2) is 22.2 Å². The van der Waals surface area contributed by atoms with Gasteiger partial charge in [0.1, 0.15) is 0 Å². The molecule has 0 saturated carbocycles. The summed E-state index contributed by atoms with van der Waals surface area (Å²) in [6.45, 7) is 0. The quantitative estimate of drug-likeness (QED) is 0.909. The van der Waals surface area contributed by atoms with Crippen LogP contribution in [0.1, 0.15) is 22.3 Å². The van der Waals surface area contributed by atoms with Crippen molar-refractivity contribution in [1.29, 1.82) is 0 Å². The van der Waals surface area contributed by atoms with Gasteiger partial charge in [-0.05, 0) is 24.3 Å². The second-order valence-corrected chi connectivity index (χ2v) is 5.72. The van der Waals surface area contributed by atoms with Crippen molar-refractivity contribution in [1.82, 2.24) is 5.01 Å². The maximum atomic E-state index is 12.5. The molecule has 5 heteroatoms. The van der Waals surface area contributed by atoms with Crippen LogP contribution < -0.4 is 0 Å². The summed E-state index contributed by atoms with van der Waals surface area (Å²) in [5.74, 6) is -0.324. The number of benzene rings is 2. The highest BCUT2D eigenvalue weighted by Crippen LogP contribution is 2.34. The standard InChI is InChI=1S/C16H13BrN2O2/c17-14-8-6-13(7-9-14)16(21)10-11-18-19(16)15(20)12-4-2-1-3-5-12/h1-9,11,21H,10H2. The monoisotopic (exact) mass is 344 g/mol. The summed E-state index contributed by atoms with van der Waals surface area (Å²) in [7, 11) is 0. The first-order valence-corrected chi connectivity index (χ1v) is 7.31. The van der Waals surface area contributed by atoms with E-state index < -0.39 is 5.72 Å². The molecule has 0 saturated heterocycles. The van der Waals surface area contributed by atoms with Crippen LogP contribution in [0.4, 0.5) is 0 Å². The van der Waals surface area contributed by atoms with Gasteiger partial charge < -0.3 is 5.11 Å². The maximum absolute atomic E-state index is 12.5. The van der Waals surface area contributed by atoms with E-state index in [4.69, 9.17) is 0 Å². The van der Waals surface area contributed by atoms with E-state index in [0.29, 0.717) is 11.1 Å². The van der Waals surface area contributed by atoms with Gasteiger partial charge in [-0.3, -0.25) is 4.79 Å². The fourth-order valence-electron chi connectivity index (χ4n) is 2.31. The van der Waals surface area contributed by atoms with Crippen LogP contribution >= 0.6 is 15.9 Å². The third kappa shape index (κ3) is 2.50. The highest BCUT2D eigenvalue weighted by atomic mass is 79.9. The molecule has 106 valence electrons. The third-order valence-electron chi connectivity index (χ3n) is 3.44. The van der Waals surface area contributed by atoms with Crippen molar-refractivity contribution in [2.24, 2.45) is 5.10 Å². The van der Waals surface area contributed by atoms with Gasteiger partial charge in [0.2, 0.25) is 0 Å². The summed E-state index contributed by atoms with van der Waals surface area (Å²) in [5.41, 5.74) is -0.312. The summed E-state index contributed by atoms with van der Waals surface area (Å²) >= 11 is 3.36. The van der Waals surface area contributed by atoms with Crippen molar-refractivity contribution in [3.05, 3.63) is 70.2 Å². The van der Waals surface area contributed by atoms with Gasteiger partial charge in [-0.25, -0.2) is 0 Å². The molecule has 0 aromatic heterocycles. The molecule has 1 heterocycles. The molecule has 3 rings (SSSR count). The van der Waals surface area contributed by atoms with Gasteiger partial charge in [-0.1, -0.05) is 46.3 Å². The van der Waals surface area contributed by atoms with Crippen molar-refractivity contribution in [3.63, 3.8) is 0 Å². The van der Waals surface area contributed by atoms with Crippen LogP contribution in [0.3, 0.4) is 0 Å². The topological polar surface area (TPSA) is 52.9 Å².